The van der Waals surface area contributed by atoms with Crippen molar-refractivity contribution in [3.8, 4) is 23.0 Å². The van der Waals surface area contributed by atoms with Crippen LogP contribution < -0.4 is 18.9 Å². The van der Waals surface area contributed by atoms with Crippen molar-refractivity contribution in [2.24, 2.45) is 0 Å². The van der Waals surface area contributed by atoms with Crippen molar-refractivity contribution in [2.75, 3.05) is 20.8 Å². The van der Waals surface area contributed by atoms with Gasteiger partial charge in [-0.25, -0.2) is 9.36 Å². The topological polar surface area (TPSA) is 154 Å². The second-order valence-corrected chi connectivity index (χ2v) is 19.0. The Morgan fingerprint density at radius 1 is 0.392 bits per heavy atom. The van der Waals surface area contributed by atoms with E-state index in [1.165, 1.54) is 0 Å². The van der Waals surface area contributed by atoms with Gasteiger partial charge in [-0.15, -0.1) is 10.2 Å². The Kier molecular flexibility index (Phi) is 19.1. The van der Waals surface area contributed by atoms with Crippen LogP contribution in [0, 0.1) is 0 Å². The molecule has 5 atom stereocenters. The third kappa shape index (κ3) is 15.5. The molecule has 3 heterocycles. The highest BCUT2D eigenvalue weighted by atomic mass is 16.7. The number of nitrogens with zero attached hydrogens (tertiary/aromatic N) is 6. The number of aromatic nitrogens is 6. The minimum atomic E-state index is -0.958. The zero-order chi connectivity index (χ0) is 53.9. The first kappa shape index (κ1) is 54.1. The van der Waals surface area contributed by atoms with Crippen LogP contribution in [0.3, 0.4) is 0 Å². The molecule has 0 spiro atoms. The van der Waals surface area contributed by atoms with Crippen LogP contribution in [0.15, 0.2) is 200 Å². The van der Waals surface area contributed by atoms with Crippen LogP contribution >= 0.6 is 0 Å². The molecule has 1 fully saturated rings. The third-order valence-electron chi connectivity index (χ3n) is 13.2. The van der Waals surface area contributed by atoms with Crippen LogP contribution in [0.2, 0.25) is 0 Å². The Bertz CT molecular complexity index is 3230. The van der Waals surface area contributed by atoms with E-state index >= 15 is 0 Å². The lowest BCUT2D eigenvalue weighted by atomic mass is 9.97. The molecule has 0 amide bonds. The van der Waals surface area contributed by atoms with E-state index in [-0.39, 0.29) is 39.6 Å². The molecule has 16 heteroatoms. The normalized spacial score (nSPS) is 17.1. The quantitative estimate of drug-likeness (QED) is 0.0457. The molecule has 0 N–H and O–H groups in total. The number of ether oxygens (including phenoxy) is 10. The number of rotatable bonds is 28. The van der Waals surface area contributed by atoms with E-state index in [4.69, 9.17) is 47.4 Å². The number of benzene rings is 7. The summed E-state index contributed by atoms with van der Waals surface area (Å²) >= 11 is 0. The average molecular weight is 1070 g/mol. The molecule has 2 aromatic heterocycles. The summed E-state index contributed by atoms with van der Waals surface area (Å²) in [7, 11) is 3.26. The van der Waals surface area contributed by atoms with Gasteiger partial charge >= 0.3 is 0 Å². The number of hydrogen-bond donors (Lipinski definition) is 0. The molecule has 79 heavy (non-hydrogen) atoms. The first-order valence-corrected chi connectivity index (χ1v) is 26.3. The van der Waals surface area contributed by atoms with Gasteiger partial charge in [0.05, 0.1) is 79.3 Å². The Balaban J connectivity index is 0.856. The van der Waals surface area contributed by atoms with Crippen LogP contribution in [0.5, 0.6) is 23.0 Å². The second kappa shape index (κ2) is 27.9. The highest BCUT2D eigenvalue weighted by Crippen LogP contribution is 2.34. The Labute approximate surface area is 460 Å². The molecule has 10 rings (SSSR count). The highest BCUT2D eigenvalue weighted by Gasteiger charge is 2.49. The van der Waals surface area contributed by atoms with Gasteiger partial charge in [0.15, 0.2) is 29.3 Å². The largest absolute Gasteiger partial charge is 0.493 e. The van der Waals surface area contributed by atoms with E-state index in [1.54, 1.807) is 23.6 Å². The molecule has 0 radical (unpaired) electrons. The van der Waals surface area contributed by atoms with E-state index in [9.17, 15) is 0 Å². The van der Waals surface area contributed by atoms with E-state index in [1.807, 2.05) is 200 Å². The molecule has 0 aliphatic carbocycles. The summed E-state index contributed by atoms with van der Waals surface area (Å²) in [6.07, 6.45) is -0.0781. The van der Waals surface area contributed by atoms with Crippen molar-refractivity contribution in [3.05, 3.63) is 251 Å². The summed E-state index contributed by atoms with van der Waals surface area (Å²) < 4.78 is 67.9. The van der Waals surface area contributed by atoms with Crippen LogP contribution in [0.4, 0.5) is 0 Å². The Morgan fingerprint density at radius 3 is 1.24 bits per heavy atom. The molecule has 0 unspecified atom stereocenters. The van der Waals surface area contributed by atoms with E-state index < -0.39 is 30.7 Å². The third-order valence-corrected chi connectivity index (χ3v) is 13.2. The summed E-state index contributed by atoms with van der Waals surface area (Å²) in [6.45, 7) is 2.85. The molecule has 1 aliphatic rings. The summed E-state index contributed by atoms with van der Waals surface area (Å²) in [5.41, 5.74) is 8.22. The summed E-state index contributed by atoms with van der Waals surface area (Å²) in [6, 6.07) is 61.7. The maximum Gasteiger partial charge on any atom is 0.187 e. The molecule has 406 valence electrons. The van der Waals surface area contributed by atoms with Gasteiger partial charge in [0.2, 0.25) is 0 Å². The van der Waals surface area contributed by atoms with Gasteiger partial charge in [-0.1, -0.05) is 174 Å². The molecular weight excluding hydrogens is 1000 g/mol. The zero-order valence-electron chi connectivity index (χ0n) is 44.3. The fraction of sp³-hybridized carbons (Fsp3) is 0.270. The smallest absolute Gasteiger partial charge is 0.187 e. The summed E-state index contributed by atoms with van der Waals surface area (Å²) in [4.78, 5) is 0. The molecule has 1 aliphatic heterocycles. The predicted octanol–water partition coefficient (Wildman–Crippen LogP) is 10.4. The zero-order valence-corrected chi connectivity index (χ0v) is 44.3. The SMILES string of the molecule is COc1cc(Cn2cc(COC[C@H]3O[C@H](OCc4cn(Cc5ccc(OCc6ccccc6)c(OC)c5)nn4)[C@H](OCc4ccccc4)[C@@H](OCc4ccccc4)[C@@H]3OCc3ccccc3)nn2)ccc1OCc1ccccc1. The molecule has 0 bridgehead atoms. The van der Waals surface area contributed by atoms with Gasteiger partial charge in [-0.2, -0.15) is 0 Å². The van der Waals surface area contributed by atoms with Crippen LogP contribution in [-0.4, -0.2) is 81.5 Å². The highest BCUT2D eigenvalue weighted by molar-refractivity contribution is 5.44. The monoisotopic (exact) mass is 1060 g/mol. The molecule has 9 aromatic rings. The summed E-state index contributed by atoms with van der Waals surface area (Å²) in [5.74, 6) is 2.56. The minimum Gasteiger partial charge on any atom is -0.493 e. The fourth-order valence-corrected chi connectivity index (χ4v) is 9.13. The summed E-state index contributed by atoms with van der Waals surface area (Å²) in [5, 5.41) is 17.8. The molecule has 16 nitrogen and oxygen atoms in total. The maximum atomic E-state index is 6.95. The maximum absolute atomic E-state index is 6.95. The van der Waals surface area contributed by atoms with Gasteiger partial charge in [0.1, 0.15) is 49.0 Å². The van der Waals surface area contributed by atoms with Crippen molar-refractivity contribution >= 4 is 0 Å². The van der Waals surface area contributed by atoms with Gasteiger partial charge in [-0.05, 0) is 63.2 Å². The molecule has 1 saturated heterocycles. The van der Waals surface area contributed by atoms with Crippen LogP contribution in [-0.2, 0) is 87.8 Å². The van der Waals surface area contributed by atoms with E-state index in [0.29, 0.717) is 60.7 Å². The lowest BCUT2D eigenvalue weighted by Gasteiger charge is -2.45. The van der Waals surface area contributed by atoms with Crippen LogP contribution in [0.25, 0.3) is 0 Å². The Hall–Kier alpha value is -8.22. The second-order valence-electron chi connectivity index (χ2n) is 19.0. The average Bonchev–Trinajstić information content (AvgIpc) is 4.22. The van der Waals surface area contributed by atoms with E-state index in [2.05, 4.69) is 20.6 Å². The lowest BCUT2D eigenvalue weighted by Crippen LogP contribution is -2.61. The van der Waals surface area contributed by atoms with Crippen molar-refractivity contribution in [3.63, 3.8) is 0 Å². The first-order valence-electron chi connectivity index (χ1n) is 26.3. The van der Waals surface area contributed by atoms with Crippen molar-refractivity contribution in [1.29, 1.82) is 0 Å². The van der Waals surface area contributed by atoms with Crippen LogP contribution in [0.1, 0.15) is 50.3 Å². The first-order chi connectivity index (χ1) is 39.0. The van der Waals surface area contributed by atoms with Gasteiger partial charge in [0.25, 0.3) is 0 Å². The predicted molar refractivity (Wildman–Crippen MR) is 294 cm³/mol. The number of methoxy groups -OCH3 is 2. The molecule has 0 saturated carbocycles. The minimum absolute atomic E-state index is 0.0540. The molecular formula is C63H64N6O10. The Morgan fingerprint density at radius 2 is 0.797 bits per heavy atom. The van der Waals surface area contributed by atoms with Gasteiger partial charge < -0.3 is 47.4 Å². The van der Waals surface area contributed by atoms with Gasteiger partial charge in [0, 0.05) is 0 Å². The van der Waals surface area contributed by atoms with E-state index in [0.717, 1.165) is 38.9 Å². The van der Waals surface area contributed by atoms with Gasteiger partial charge in [-0.3, -0.25) is 0 Å². The lowest BCUT2D eigenvalue weighted by molar-refractivity contribution is -0.331. The fourth-order valence-electron chi connectivity index (χ4n) is 9.13. The van der Waals surface area contributed by atoms with Crippen molar-refractivity contribution < 1.29 is 47.4 Å². The standard InChI is InChI=1S/C63H64N6O10/c1-70-57-32-51(28-30-55(57)73-38-46-18-8-3-9-19-46)34-68-36-53(64-66-68)43-72-45-59-60(75-40-48-22-12-5-13-23-48)61(76-41-49-24-14-6-15-25-49)62(77-42-50-26-16-7-17-27-50)63(79-59)78-44-54-37-69(67-65-54)35-52-29-31-56(58(33-52)71-2)74-39-47-20-10-4-11-21-47/h3-33,36-37,59-63H,34-35,38-45H2,1-2H3/t59-,60-,61+,62-,63+/m1/s1. The van der Waals surface area contributed by atoms with Crippen molar-refractivity contribution in [2.45, 2.75) is 90.0 Å². The van der Waals surface area contributed by atoms with Crippen molar-refractivity contribution in [1.82, 2.24) is 30.0 Å². The molecule has 7 aromatic carbocycles. The number of hydrogen-bond acceptors (Lipinski definition) is 14.